The van der Waals surface area contributed by atoms with Crippen LogP contribution in [0.25, 0.3) is 0 Å². The lowest BCUT2D eigenvalue weighted by Crippen LogP contribution is -2.65. The Hall–Kier alpha value is -2.83. The van der Waals surface area contributed by atoms with Crippen molar-refractivity contribution in [1.82, 2.24) is 4.90 Å². The second-order valence-electron chi connectivity index (χ2n) is 16.7. The van der Waals surface area contributed by atoms with Gasteiger partial charge in [0.1, 0.15) is 16.8 Å². The van der Waals surface area contributed by atoms with Crippen molar-refractivity contribution in [2.24, 2.45) is 23.0 Å². The van der Waals surface area contributed by atoms with E-state index in [-0.39, 0.29) is 54.7 Å². The van der Waals surface area contributed by atoms with Crippen LogP contribution < -0.4 is 15.4 Å². The van der Waals surface area contributed by atoms with Gasteiger partial charge in [0.2, 0.25) is 5.91 Å². The van der Waals surface area contributed by atoms with Gasteiger partial charge >= 0.3 is 19.2 Å². The first-order valence-corrected chi connectivity index (χ1v) is 17.0. The molecule has 2 aliphatic heterocycles. The Morgan fingerprint density at radius 1 is 1.02 bits per heavy atom. The van der Waals surface area contributed by atoms with E-state index in [1.54, 1.807) is 48.8 Å². The molecule has 1 aromatic carbocycles. The van der Waals surface area contributed by atoms with Crippen molar-refractivity contribution < 1.29 is 37.9 Å². The van der Waals surface area contributed by atoms with E-state index in [1.165, 1.54) is 7.11 Å². The number of piperidine rings is 1. The second kappa shape index (κ2) is 11.9. The molecule has 2 amide bonds. The molecule has 0 aromatic heterocycles. The summed E-state index contributed by atoms with van der Waals surface area (Å²) in [7, 11) is 0.717. The number of nitrogens with zero attached hydrogens (tertiary/aromatic N) is 2. The molecule has 3 aliphatic carbocycles. The van der Waals surface area contributed by atoms with Gasteiger partial charge in [0.05, 0.1) is 36.0 Å². The Bertz CT molecular complexity index is 1400. The van der Waals surface area contributed by atoms with Crippen molar-refractivity contribution in [3.05, 3.63) is 23.8 Å². The monoisotopic (exact) mass is 655 g/mol. The maximum absolute atomic E-state index is 14.9. The standard InChI is InChI=1S/C35H54BN3O8/c1-21(36-46-26-20-22-19-25(33(22,8)9)34(26,10)47-36)39(24-14-12-13-23(27(24)43-11)28(40)44-31(2,3)4)29(41)35(37)15-17-38(18-16-35)30(42)45-32(5,6)7/h12-14,21-22,25-26H,15-20,37H2,1-11H3. The van der Waals surface area contributed by atoms with Gasteiger partial charge < -0.3 is 39.1 Å². The van der Waals surface area contributed by atoms with E-state index in [0.717, 1.165) is 12.8 Å². The average Bonchev–Trinajstić information content (AvgIpc) is 3.33. The van der Waals surface area contributed by atoms with Crippen LogP contribution in [0.1, 0.15) is 105 Å². The number of hydrogen-bond donors (Lipinski definition) is 1. The molecule has 2 saturated heterocycles. The molecule has 5 unspecified atom stereocenters. The zero-order valence-electron chi connectivity index (χ0n) is 30.1. The first-order chi connectivity index (χ1) is 21.6. The van der Waals surface area contributed by atoms with Crippen LogP contribution in [0.15, 0.2) is 18.2 Å². The van der Waals surface area contributed by atoms with Crippen LogP contribution >= 0.6 is 0 Å². The van der Waals surface area contributed by atoms with Crippen molar-refractivity contribution in [1.29, 1.82) is 0 Å². The smallest absolute Gasteiger partial charge is 0.482 e. The van der Waals surface area contributed by atoms with Crippen LogP contribution in [0.3, 0.4) is 0 Å². The van der Waals surface area contributed by atoms with Crippen molar-refractivity contribution in [2.45, 2.75) is 129 Å². The summed E-state index contributed by atoms with van der Waals surface area (Å²) in [6, 6.07) is 5.06. The Kier molecular flexibility index (Phi) is 9.02. The molecule has 5 atom stereocenters. The number of amides is 2. The zero-order valence-corrected chi connectivity index (χ0v) is 30.1. The molecule has 5 fully saturated rings. The van der Waals surface area contributed by atoms with Crippen LogP contribution in [-0.2, 0) is 23.6 Å². The maximum atomic E-state index is 14.9. The average molecular weight is 656 g/mol. The summed E-state index contributed by atoms with van der Waals surface area (Å²) in [5, 5.41) is 0. The summed E-state index contributed by atoms with van der Waals surface area (Å²) in [6.45, 7) is 20.0. The number of anilines is 1. The fraction of sp³-hybridized carbons (Fsp3) is 0.743. The van der Waals surface area contributed by atoms with Crippen molar-refractivity contribution in [3.8, 4) is 5.75 Å². The Morgan fingerprint density at radius 2 is 1.64 bits per heavy atom. The molecule has 5 aliphatic rings. The number of carbonyl (C=O) groups is 3. The molecule has 11 nitrogen and oxygen atoms in total. The molecule has 2 heterocycles. The van der Waals surface area contributed by atoms with E-state index in [0.29, 0.717) is 17.5 Å². The molecule has 6 rings (SSSR count). The van der Waals surface area contributed by atoms with Crippen molar-refractivity contribution in [3.63, 3.8) is 0 Å². The molecule has 260 valence electrons. The highest BCUT2D eigenvalue weighted by Crippen LogP contribution is 2.66. The normalized spacial score (nSPS) is 28.5. The van der Waals surface area contributed by atoms with Gasteiger partial charge in [-0.05, 0) is 110 Å². The van der Waals surface area contributed by atoms with E-state index in [4.69, 9.17) is 29.3 Å². The lowest BCUT2D eigenvalue weighted by atomic mass is 9.43. The quantitative estimate of drug-likeness (QED) is 0.318. The number of hydrogen-bond acceptors (Lipinski definition) is 9. The summed E-state index contributed by atoms with van der Waals surface area (Å²) < 4.78 is 30.6. The van der Waals surface area contributed by atoms with Gasteiger partial charge in [0.25, 0.3) is 0 Å². The molecule has 0 spiro atoms. The fourth-order valence-corrected chi connectivity index (χ4v) is 8.03. The molecular weight excluding hydrogens is 601 g/mol. The van der Waals surface area contributed by atoms with Crippen LogP contribution in [0, 0.1) is 17.3 Å². The molecule has 2 bridgehead atoms. The lowest BCUT2D eigenvalue weighted by Gasteiger charge is -2.64. The summed E-state index contributed by atoms with van der Waals surface area (Å²) in [5.41, 5.74) is 4.47. The topological polar surface area (TPSA) is 130 Å². The number of para-hydroxylation sites is 1. The van der Waals surface area contributed by atoms with Gasteiger partial charge in [-0.15, -0.1) is 0 Å². The van der Waals surface area contributed by atoms with Crippen LogP contribution in [0.5, 0.6) is 5.75 Å². The minimum absolute atomic E-state index is 0.0948. The number of likely N-dealkylation sites (tertiary alicyclic amines) is 1. The molecule has 2 N–H and O–H groups in total. The molecule has 47 heavy (non-hydrogen) atoms. The third-order valence-electron chi connectivity index (χ3n) is 10.8. The predicted octanol–water partition coefficient (Wildman–Crippen LogP) is 5.37. The van der Waals surface area contributed by atoms with Crippen LogP contribution in [-0.4, -0.2) is 84.6 Å². The van der Waals surface area contributed by atoms with Gasteiger partial charge in [-0.25, -0.2) is 9.59 Å². The number of ether oxygens (including phenoxy) is 3. The first kappa shape index (κ1) is 35.5. The first-order valence-electron chi connectivity index (χ1n) is 17.0. The van der Waals surface area contributed by atoms with E-state index in [9.17, 15) is 14.4 Å². The number of rotatable bonds is 6. The summed E-state index contributed by atoms with van der Waals surface area (Å²) >= 11 is 0. The summed E-state index contributed by atoms with van der Waals surface area (Å²) in [4.78, 5) is 44.2. The van der Waals surface area contributed by atoms with Crippen LogP contribution in [0.4, 0.5) is 10.5 Å². The van der Waals surface area contributed by atoms with Gasteiger partial charge in [0, 0.05) is 13.1 Å². The second-order valence-corrected chi connectivity index (χ2v) is 16.7. The third-order valence-corrected chi connectivity index (χ3v) is 10.8. The van der Waals surface area contributed by atoms with Crippen molar-refractivity contribution >= 4 is 30.8 Å². The minimum Gasteiger partial charge on any atom is -0.494 e. The van der Waals surface area contributed by atoms with Gasteiger partial charge in [-0.1, -0.05) is 19.9 Å². The highest BCUT2D eigenvalue weighted by molar-refractivity contribution is 6.49. The minimum atomic E-state index is -1.32. The number of nitrogens with two attached hydrogens (primary N) is 1. The van der Waals surface area contributed by atoms with E-state index >= 15 is 0 Å². The van der Waals surface area contributed by atoms with Gasteiger partial charge in [0.15, 0.2) is 5.75 Å². The van der Waals surface area contributed by atoms with Crippen molar-refractivity contribution in [2.75, 3.05) is 25.1 Å². The Morgan fingerprint density at radius 3 is 2.19 bits per heavy atom. The Labute approximate surface area is 280 Å². The molecule has 3 saturated carbocycles. The summed E-state index contributed by atoms with van der Waals surface area (Å²) in [5.74, 6) is -0.486. The number of methoxy groups -OCH3 is 1. The number of carbonyl (C=O) groups excluding carboxylic acids is 3. The van der Waals surface area contributed by atoms with E-state index in [1.807, 2.05) is 27.7 Å². The van der Waals surface area contributed by atoms with E-state index < -0.39 is 47.5 Å². The Balaban J connectivity index is 1.49. The predicted molar refractivity (Wildman–Crippen MR) is 179 cm³/mol. The van der Waals surface area contributed by atoms with Gasteiger partial charge in [-0.2, -0.15) is 0 Å². The van der Waals surface area contributed by atoms with Crippen LogP contribution in [0.2, 0.25) is 0 Å². The largest absolute Gasteiger partial charge is 0.494 e. The fourth-order valence-electron chi connectivity index (χ4n) is 8.03. The van der Waals surface area contributed by atoms with E-state index in [2.05, 4.69) is 20.8 Å². The summed E-state index contributed by atoms with van der Waals surface area (Å²) in [6.07, 6.45) is 1.89. The lowest BCUT2D eigenvalue weighted by molar-refractivity contribution is -0.199. The molecular formula is C35H54BN3O8. The number of benzene rings is 1. The highest BCUT2D eigenvalue weighted by Gasteiger charge is 2.69. The molecule has 0 radical (unpaired) electrons. The number of esters is 1. The SMILES string of the molecule is COc1c(C(=O)OC(C)(C)C)cccc1N(C(=O)C1(N)CCN(C(=O)OC(C)(C)C)CC1)C(C)B1OC2CC3CC(C3(C)C)C2(C)O1. The third kappa shape index (κ3) is 6.49. The highest BCUT2D eigenvalue weighted by atomic mass is 16.7. The zero-order chi connectivity index (χ0) is 34.9. The van der Waals surface area contributed by atoms with Gasteiger partial charge in [-0.3, -0.25) is 4.79 Å². The maximum Gasteiger partial charge on any atom is 0.482 e. The molecule has 12 heteroatoms. The molecule has 1 aromatic rings.